The predicted octanol–water partition coefficient (Wildman–Crippen LogP) is 2.31. The van der Waals surface area contributed by atoms with Crippen molar-refractivity contribution in [2.45, 2.75) is 5.88 Å². The zero-order valence-corrected chi connectivity index (χ0v) is 8.56. The smallest absolute Gasteiger partial charge is 0.144 e. The molecule has 0 aliphatic carbocycles. The van der Waals surface area contributed by atoms with Crippen LogP contribution in [0.1, 0.15) is 5.82 Å². The van der Waals surface area contributed by atoms with Gasteiger partial charge in [0.15, 0.2) is 0 Å². The van der Waals surface area contributed by atoms with Crippen LogP contribution in [0.2, 0.25) is 0 Å². The standard InChI is InChI=1S/C8H5ClN4S/c9-3-6-10-4-1-2-5-8(7(4)11-6)13-14-12-5/h1-2,12H,3H2. The number of hydrogen-bond acceptors (Lipinski definition) is 4. The van der Waals surface area contributed by atoms with Crippen molar-refractivity contribution in [2.75, 3.05) is 0 Å². The first-order chi connectivity index (χ1) is 6.88. The van der Waals surface area contributed by atoms with E-state index in [4.69, 9.17) is 11.6 Å². The molecule has 2 aromatic heterocycles. The highest BCUT2D eigenvalue weighted by Crippen LogP contribution is 2.22. The number of rotatable bonds is 1. The summed E-state index contributed by atoms with van der Waals surface area (Å²) in [6.45, 7) is 0. The van der Waals surface area contributed by atoms with Gasteiger partial charge in [0.2, 0.25) is 0 Å². The first kappa shape index (κ1) is 8.14. The number of nitrogens with one attached hydrogen (secondary N) is 1. The van der Waals surface area contributed by atoms with Gasteiger partial charge in [-0.2, -0.15) is 4.37 Å². The zero-order chi connectivity index (χ0) is 9.54. The topological polar surface area (TPSA) is 54.5 Å². The quantitative estimate of drug-likeness (QED) is 0.646. The number of aromatic amines is 1. The summed E-state index contributed by atoms with van der Waals surface area (Å²) in [5, 5.41) is 0. The molecule has 0 aliphatic heterocycles. The third kappa shape index (κ3) is 1.03. The molecule has 3 aromatic rings. The van der Waals surface area contributed by atoms with Crippen LogP contribution in [0.15, 0.2) is 12.1 Å². The maximum absolute atomic E-state index is 5.67. The lowest BCUT2D eigenvalue weighted by molar-refractivity contribution is 1.13. The van der Waals surface area contributed by atoms with Gasteiger partial charge >= 0.3 is 0 Å². The van der Waals surface area contributed by atoms with E-state index in [1.165, 1.54) is 11.7 Å². The Balaban J connectivity index is 2.49. The summed E-state index contributed by atoms with van der Waals surface area (Å²) < 4.78 is 7.30. The summed E-state index contributed by atoms with van der Waals surface area (Å²) in [6.07, 6.45) is 0. The number of aromatic nitrogens is 4. The zero-order valence-electron chi connectivity index (χ0n) is 6.99. The second kappa shape index (κ2) is 2.90. The largest absolute Gasteiger partial charge is 0.293 e. The number of halogens is 1. The van der Waals surface area contributed by atoms with Gasteiger partial charge in [-0.05, 0) is 12.1 Å². The van der Waals surface area contributed by atoms with Crippen molar-refractivity contribution in [3.8, 4) is 0 Å². The second-order valence-electron chi connectivity index (χ2n) is 2.89. The van der Waals surface area contributed by atoms with Gasteiger partial charge in [-0.3, -0.25) is 4.37 Å². The molecule has 0 saturated heterocycles. The molecule has 14 heavy (non-hydrogen) atoms. The van der Waals surface area contributed by atoms with Crippen molar-refractivity contribution in [3.63, 3.8) is 0 Å². The molecule has 0 radical (unpaired) electrons. The average Bonchev–Trinajstić information content (AvgIpc) is 2.82. The Labute approximate surface area is 88.3 Å². The molecule has 0 amide bonds. The average molecular weight is 225 g/mol. The summed E-state index contributed by atoms with van der Waals surface area (Å²) in [4.78, 5) is 8.58. The van der Waals surface area contributed by atoms with Gasteiger partial charge < -0.3 is 0 Å². The molecule has 70 valence electrons. The van der Waals surface area contributed by atoms with Crippen LogP contribution >= 0.6 is 23.3 Å². The van der Waals surface area contributed by atoms with Gasteiger partial charge in [-0.15, -0.1) is 11.6 Å². The summed E-state index contributed by atoms with van der Waals surface area (Å²) in [5.74, 6) is 0.992. The molecule has 2 heterocycles. The van der Waals surface area contributed by atoms with Crippen LogP contribution in [-0.4, -0.2) is 18.7 Å². The molecule has 4 nitrogen and oxygen atoms in total. The number of alkyl halides is 1. The molecule has 0 unspecified atom stereocenters. The van der Waals surface area contributed by atoms with Gasteiger partial charge in [-0.1, -0.05) is 0 Å². The highest BCUT2D eigenvalue weighted by Gasteiger charge is 2.08. The van der Waals surface area contributed by atoms with E-state index in [2.05, 4.69) is 18.7 Å². The van der Waals surface area contributed by atoms with Gasteiger partial charge in [-0.25, -0.2) is 9.97 Å². The summed E-state index contributed by atoms with van der Waals surface area (Å²) in [7, 11) is 0. The minimum Gasteiger partial charge on any atom is -0.293 e. The van der Waals surface area contributed by atoms with Crippen molar-refractivity contribution in [1.82, 2.24) is 18.7 Å². The fourth-order valence-electron chi connectivity index (χ4n) is 1.41. The number of nitrogens with zero attached hydrogens (tertiary/aromatic N) is 3. The lowest BCUT2D eigenvalue weighted by atomic mass is 10.3. The number of fused-ring (bicyclic) bond motifs is 3. The van der Waals surface area contributed by atoms with Crippen LogP contribution in [0.5, 0.6) is 0 Å². The number of H-pyrrole nitrogens is 1. The van der Waals surface area contributed by atoms with E-state index in [0.29, 0.717) is 11.7 Å². The second-order valence-corrected chi connectivity index (χ2v) is 3.72. The maximum Gasteiger partial charge on any atom is 0.144 e. The Bertz CT molecular complexity index is 599. The Morgan fingerprint density at radius 2 is 2.21 bits per heavy atom. The fraction of sp³-hybridized carbons (Fsp3) is 0.125. The summed E-state index contributed by atoms with van der Waals surface area (Å²) >= 11 is 6.98. The lowest BCUT2D eigenvalue weighted by Gasteiger charge is -1.86. The van der Waals surface area contributed by atoms with Crippen LogP contribution in [0.25, 0.3) is 22.1 Å². The number of imidazole rings is 1. The van der Waals surface area contributed by atoms with E-state index in [9.17, 15) is 0 Å². The van der Waals surface area contributed by atoms with Crippen molar-refractivity contribution >= 4 is 45.4 Å². The highest BCUT2D eigenvalue weighted by atomic mass is 35.5. The summed E-state index contributed by atoms with van der Waals surface area (Å²) in [6, 6.07) is 3.87. The molecule has 3 rings (SSSR count). The fourth-order valence-corrected chi connectivity index (χ4v) is 2.12. The molecule has 1 aromatic carbocycles. The predicted molar refractivity (Wildman–Crippen MR) is 56.6 cm³/mol. The van der Waals surface area contributed by atoms with E-state index in [0.717, 1.165) is 22.1 Å². The minimum absolute atomic E-state index is 0.337. The van der Waals surface area contributed by atoms with E-state index in [-0.39, 0.29) is 0 Å². The van der Waals surface area contributed by atoms with Crippen molar-refractivity contribution < 1.29 is 0 Å². The van der Waals surface area contributed by atoms with Gasteiger partial charge in [0.25, 0.3) is 0 Å². The number of benzene rings is 1. The first-order valence-corrected chi connectivity index (χ1v) is 5.34. The van der Waals surface area contributed by atoms with Crippen LogP contribution in [-0.2, 0) is 5.88 Å². The monoisotopic (exact) mass is 224 g/mol. The van der Waals surface area contributed by atoms with Crippen molar-refractivity contribution in [2.24, 2.45) is 0 Å². The molecule has 6 heteroatoms. The molecular formula is C8H5ClN4S. The van der Waals surface area contributed by atoms with Gasteiger partial charge in [0.05, 0.1) is 16.9 Å². The third-order valence-electron chi connectivity index (χ3n) is 2.03. The van der Waals surface area contributed by atoms with Crippen LogP contribution in [0.3, 0.4) is 0 Å². The Morgan fingerprint density at radius 3 is 3.07 bits per heavy atom. The van der Waals surface area contributed by atoms with Gasteiger partial charge in [0.1, 0.15) is 16.9 Å². The van der Waals surface area contributed by atoms with Crippen LogP contribution in [0.4, 0.5) is 0 Å². The molecule has 0 bridgehead atoms. The molecule has 1 N–H and O–H groups in total. The van der Waals surface area contributed by atoms with E-state index in [1.807, 2.05) is 12.1 Å². The van der Waals surface area contributed by atoms with Crippen molar-refractivity contribution in [1.29, 1.82) is 0 Å². The third-order valence-corrected chi connectivity index (χ3v) is 2.86. The molecule has 0 aliphatic rings. The Hall–Kier alpha value is -1.20. The lowest BCUT2D eigenvalue weighted by Crippen LogP contribution is -1.77. The van der Waals surface area contributed by atoms with Crippen LogP contribution < -0.4 is 0 Å². The van der Waals surface area contributed by atoms with Crippen LogP contribution in [0, 0.1) is 0 Å². The molecule has 0 spiro atoms. The Morgan fingerprint density at radius 1 is 1.29 bits per heavy atom. The number of hydrogen-bond donors (Lipinski definition) is 1. The first-order valence-electron chi connectivity index (χ1n) is 4.04. The van der Waals surface area contributed by atoms with E-state index >= 15 is 0 Å². The van der Waals surface area contributed by atoms with E-state index in [1.54, 1.807) is 0 Å². The SMILES string of the molecule is ClCc1nc2ccc3[nH]snc3c2n1. The normalized spacial score (nSPS) is 11.5. The highest BCUT2D eigenvalue weighted by molar-refractivity contribution is 7.00. The molecule has 0 atom stereocenters. The Kier molecular flexibility index (Phi) is 1.68. The molecular weight excluding hydrogens is 220 g/mol. The van der Waals surface area contributed by atoms with Crippen molar-refractivity contribution in [3.05, 3.63) is 18.0 Å². The minimum atomic E-state index is 0.337. The molecule has 0 saturated carbocycles. The van der Waals surface area contributed by atoms with Gasteiger partial charge in [0, 0.05) is 11.7 Å². The van der Waals surface area contributed by atoms with E-state index < -0.39 is 0 Å². The molecule has 0 fully saturated rings. The maximum atomic E-state index is 5.67. The summed E-state index contributed by atoms with van der Waals surface area (Å²) in [5.41, 5.74) is 3.54.